The van der Waals surface area contributed by atoms with E-state index in [-0.39, 0.29) is 51.2 Å². The van der Waals surface area contributed by atoms with Crippen molar-refractivity contribution in [2.45, 2.75) is 0 Å². The van der Waals surface area contributed by atoms with Gasteiger partial charge < -0.3 is 0 Å². The van der Waals surface area contributed by atoms with E-state index >= 15 is 0 Å². The molecule has 0 aliphatic carbocycles. The van der Waals surface area contributed by atoms with Crippen LogP contribution in [0.4, 0.5) is 0 Å². The molecule has 0 aliphatic heterocycles. The molecule has 0 saturated heterocycles. The van der Waals surface area contributed by atoms with E-state index < -0.39 is 0 Å². The third-order valence-electron chi connectivity index (χ3n) is 0.283. The van der Waals surface area contributed by atoms with Crippen LogP contribution in [0.2, 0.25) is 0 Å². The molecule has 0 atom stereocenters. The van der Waals surface area contributed by atoms with Crippen molar-refractivity contribution < 1.29 is 0 Å². The molecular weight excluding hydrogens is 158 g/mol. The van der Waals surface area contributed by atoms with Crippen LogP contribution in [-0.2, 0) is 0 Å². The van der Waals surface area contributed by atoms with Gasteiger partial charge in [-0.3, -0.25) is 0 Å². The second-order valence-corrected chi connectivity index (χ2v) is 1.30. The monoisotopic (exact) mass is 164 g/mol. The van der Waals surface area contributed by atoms with E-state index in [1.807, 2.05) is 0 Å². The molecule has 0 N–H and O–H groups in total. The standard InChI is InChI=1S/C4H6S2.2Li.S/c5-3-1-2-4-6;;;/h5-6H,3-4H2;;;. The van der Waals surface area contributed by atoms with Crippen molar-refractivity contribution in [1.29, 1.82) is 0 Å². The Labute approximate surface area is 98.9 Å². The molecule has 42 valence electrons. The molecule has 4 radical (unpaired) electrons. The molecule has 0 saturated carbocycles. The quantitative estimate of drug-likeness (QED) is 0.294. The van der Waals surface area contributed by atoms with Crippen LogP contribution in [0.1, 0.15) is 0 Å². The molecule has 5 heteroatoms. The molecule has 0 aliphatic rings. The summed E-state index contributed by atoms with van der Waals surface area (Å²) in [6.07, 6.45) is 0. The Morgan fingerprint density at radius 3 is 1.22 bits per heavy atom. The first-order valence-corrected chi connectivity index (χ1v) is 2.85. The maximum atomic E-state index is 3.85. The van der Waals surface area contributed by atoms with Gasteiger partial charge in [0.2, 0.25) is 0 Å². The Hall–Kier alpha value is 1.80. The van der Waals surface area contributed by atoms with Gasteiger partial charge >= 0.3 is 0 Å². The van der Waals surface area contributed by atoms with Crippen molar-refractivity contribution in [3.05, 3.63) is 0 Å². The van der Waals surface area contributed by atoms with Gasteiger partial charge in [-0.05, 0) is 0 Å². The van der Waals surface area contributed by atoms with E-state index in [2.05, 4.69) is 37.1 Å². The number of hydrogen-bond donors (Lipinski definition) is 2. The van der Waals surface area contributed by atoms with Gasteiger partial charge in [0, 0.05) is 51.2 Å². The minimum atomic E-state index is 0. The van der Waals surface area contributed by atoms with Gasteiger partial charge in [0.05, 0.1) is 11.5 Å². The Bertz CT molecular complexity index is 67.6. The molecule has 0 unspecified atom stereocenters. The molecule has 0 fully saturated rings. The first kappa shape index (κ1) is 22.4. The van der Waals surface area contributed by atoms with E-state index in [0.29, 0.717) is 11.5 Å². The topological polar surface area (TPSA) is 0 Å². The smallest absolute Gasteiger partial charge is 0.0517 e. The summed E-state index contributed by atoms with van der Waals surface area (Å²) in [5.41, 5.74) is 0. The van der Waals surface area contributed by atoms with Crippen LogP contribution in [0.15, 0.2) is 0 Å². The molecule has 0 bridgehead atoms. The molecule has 0 aromatic rings. The van der Waals surface area contributed by atoms with Crippen molar-refractivity contribution in [2.24, 2.45) is 0 Å². The van der Waals surface area contributed by atoms with Crippen LogP contribution in [0.3, 0.4) is 0 Å². The van der Waals surface area contributed by atoms with Gasteiger partial charge in [0.1, 0.15) is 0 Å². The fraction of sp³-hybridized carbons (Fsp3) is 0.500. The zero-order valence-electron chi connectivity index (χ0n) is 5.72. The summed E-state index contributed by atoms with van der Waals surface area (Å²) in [5, 5.41) is 0. The summed E-state index contributed by atoms with van der Waals surface area (Å²) in [6, 6.07) is 0. The van der Waals surface area contributed by atoms with Crippen LogP contribution in [0.25, 0.3) is 0 Å². The maximum Gasteiger partial charge on any atom is 0.0517 e. The second-order valence-electron chi connectivity index (χ2n) is 0.670. The predicted molar refractivity (Wildman–Crippen MR) is 54.6 cm³/mol. The molecule has 0 spiro atoms. The summed E-state index contributed by atoms with van der Waals surface area (Å²) < 4.78 is 0. The zero-order chi connectivity index (χ0) is 4.83. The summed E-state index contributed by atoms with van der Waals surface area (Å²) in [4.78, 5) is 0. The number of rotatable bonds is 0. The van der Waals surface area contributed by atoms with Crippen LogP contribution in [-0.4, -0.2) is 49.2 Å². The van der Waals surface area contributed by atoms with Crippen molar-refractivity contribution in [1.82, 2.24) is 0 Å². The average molecular weight is 164 g/mol. The Morgan fingerprint density at radius 1 is 0.889 bits per heavy atom. The van der Waals surface area contributed by atoms with Gasteiger partial charge in [-0.15, -0.1) is 0 Å². The fourth-order valence-electron chi connectivity index (χ4n) is 0.112. The third kappa shape index (κ3) is 25.9. The largest absolute Gasteiger partial charge is 0.166 e. The third-order valence-corrected chi connectivity index (χ3v) is 0.599. The first-order valence-electron chi connectivity index (χ1n) is 1.59. The van der Waals surface area contributed by atoms with Gasteiger partial charge in [-0.25, -0.2) is 0 Å². The predicted octanol–water partition coefficient (Wildman–Crippen LogP) is 0.736. The maximum absolute atomic E-state index is 3.85. The number of hydrogen-bond acceptors (Lipinski definition) is 2. The second kappa shape index (κ2) is 22.6. The van der Waals surface area contributed by atoms with E-state index in [9.17, 15) is 0 Å². The van der Waals surface area contributed by atoms with Gasteiger partial charge in [-0.2, -0.15) is 25.3 Å². The van der Waals surface area contributed by atoms with Crippen LogP contribution < -0.4 is 0 Å². The Kier molecular flexibility index (Phi) is 56.2. The molecular formula is C4H6Li2S3. The molecule has 0 nitrogen and oxygen atoms in total. The first-order chi connectivity index (χ1) is 2.91. The summed E-state index contributed by atoms with van der Waals surface area (Å²) in [5.74, 6) is 6.75. The minimum absolute atomic E-state index is 0. The van der Waals surface area contributed by atoms with Gasteiger partial charge in [-0.1, -0.05) is 11.8 Å². The Balaban J connectivity index is -0.0000000417. The average Bonchev–Trinajstić information content (AvgIpc) is 1.61. The SMILES string of the molecule is SCC#CCS.[Li].[Li].[S]. The van der Waals surface area contributed by atoms with Crippen LogP contribution in [0.5, 0.6) is 0 Å². The zero-order valence-corrected chi connectivity index (χ0v) is 8.32. The van der Waals surface area contributed by atoms with E-state index in [1.54, 1.807) is 0 Å². The molecule has 9 heavy (non-hydrogen) atoms. The molecule has 0 aromatic heterocycles. The molecule has 0 amide bonds. The van der Waals surface area contributed by atoms with Crippen molar-refractivity contribution >= 4 is 76.5 Å². The fourth-order valence-corrected chi connectivity index (χ4v) is 0.335. The molecule has 0 heterocycles. The molecule has 0 aromatic carbocycles. The van der Waals surface area contributed by atoms with E-state index in [4.69, 9.17) is 0 Å². The van der Waals surface area contributed by atoms with Crippen molar-refractivity contribution in [2.75, 3.05) is 11.5 Å². The van der Waals surface area contributed by atoms with Crippen molar-refractivity contribution in [3.8, 4) is 11.8 Å². The van der Waals surface area contributed by atoms with E-state index in [0.717, 1.165) is 0 Å². The normalized spacial score (nSPS) is 4.22. The minimum Gasteiger partial charge on any atom is -0.166 e. The van der Waals surface area contributed by atoms with Crippen molar-refractivity contribution in [3.63, 3.8) is 0 Å². The molecule has 0 rings (SSSR count). The Morgan fingerprint density at radius 2 is 1.11 bits per heavy atom. The summed E-state index contributed by atoms with van der Waals surface area (Å²) >= 11 is 7.69. The summed E-state index contributed by atoms with van der Waals surface area (Å²) in [6.45, 7) is 0. The van der Waals surface area contributed by atoms with Gasteiger partial charge in [0.15, 0.2) is 0 Å². The van der Waals surface area contributed by atoms with Crippen LogP contribution >= 0.6 is 38.8 Å². The summed E-state index contributed by atoms with van der Waals surface area (Å²) in [7, 11) is 0. The van der Waals surface area contributed by atoms with E-state index in [1.165, 1.54) is 0 Å². The van der Waals surface area contributed by atoms with Crippen LogP contribution in [0, 0.1) is 11.8 Å². The van der Waals surface area contributed by atoms with Gasteiger partial charge in [0.25, 0.3) is 0 Å². The number of thiol groups is 2.